The van der Waals surface area contributed by atoms with Gasteiger partial charge in [0.2, 0.25) is 0 Å². The Bertz CT molecular complexity index is 1510. The highest BCUT2D eigenvalue weighted by atomic mass is 16.2. The van der Waals surface area contributed by atoms with Crippen molar-refractivity contribution in [1.82, 2.24) is 0 Å². The van der Waals surface area contributed by atoms with E-state index in [-0.39, 0.29) is 39.3 Å². The van der Waals surface area contributed by atoms with Crippen molar-refractivity contribution in [3.8, 4) is 0 Å². The van der Waals surface area contributed by atoms with Crippen molar-refractivity contribution in [3.05, 3.63) is 124 Å². The number of nitrogens with one attached hydrogen (secondary N) is 2. The number of carbonyl (C=O) groups is 4. The standard InChI is InChI=1S/C28H19N3O4/c29-20-15-21(30-27(34)16-9-3-1-4-10-16)22-23(24(20)31-28(35)17-11-5-2-6-12-17)26(33)19-14-8-7-13-18(19)25(22)32/h1-15H,29H2,(H,30,34)(H,31,35). The predicted molar refractivity (Wildman–Crippen MR) is 133 cm³/mol. The van der Waals surface area contributed by atoms with E-state index in [1.165, 1.54) is 6.07 Å². The Hall–Kier alpha value is -5.04. The molecule has 0 saturated heterocycles. The van der Waals surface area contributed by atoms with E-state index in [9.17, 15) is 19.2 Å². The number of hydrogen-bond donors (Lipinski definition) is 3. The summed E-state index contributed by atoms with van der Waals surface area (Å²) in [5, 5.41) is 5.42. The van der Waals surface area contributed by atoms with Gasteiger partial charge in [-0.3, -0.25) is 19.2 Å². The summed E-state index contributed by atoms with van der Waals surface area (Å²) in [5.74, 6) is -1.87. The summed E-state index contributed by atoms with van der Waals surface area (Å²) >= 11 is 0. The molecule has 0 atom stereocenters. The molecule has 35 heavy (non-hydrogen) atoms. The first-order valence-corrected chi connectivity index (χ1v) is 10.8. The zero-order valence-electron chi connectivity index (χ0n) is 18.4. The second kappa shape index (κ2) is 8.72. The highest BCUT2D eigenvalue weighted by Crippen LogP contribution is 2.40. The van der Waals surface area contributed by atoms with Crippen LogP contribution in [0.4, 0.5) is 17.1 Å². The van der Waals surface area contributed by atoms with Crippen molar-refractivity contribution >= 4 is 40.4 Å². The highest BCUT2D eigenvalue weighted by Gasteiger charge is 2.36. The molecule has 0 spiro atoms. The lowest BCUT2D eigenvalue weighted by atomic mass is 9.81. The normalized spacial score (nSPS) is 11.9. The van der Waals surface area contributed by atoms with Gasteiger partial charge in [0.05, 0.1) is 28.2 Å². The molecule has 0 heterocycles. The fourth-order valence-electron chi connectivity index (χ4n) is 4.11. The lowest BCUT2D eigenvalue weighted by molar-refractivity contribution is 0.0977. The summed E-state index contributed by atoms with van der Waals surface area (Å²) in [6, 6.07) is 24.7. The average molecular weight is 461 g/mol. The first kappa shape index (κ1) is 21.8. The van der Waals surface area contributed by atoms with E-state index in [0.717, 1.165) is 0 Å². The molecule has 0 fully saturated rings. The summed E-state index contributed by atoms with van der Waals surface area (Å²) in [6.45, 7) is 0. The monoisotopic (exact) mass is 461 g/mol. The average Bonchev–Trinajstić information content (AvgIpc) is 2.89. The molecule has 0 unspecified atom stereocenters. The SMILES string of the molecule is Nc1cc(NC(=O)c2ccccc2)c2c(c1NC(=O)c1ccccc1)C(=O)c1ccccc1C2=O. The van der Waals surface area contributed by atoms with Gasteiger partial charge in [0.15, 0.2) is 11.6 Å². The fourth-order valence-corrected chi connectivity index (χ4v) is 4.11. The third-order valence-corrected chi connectivity index (χ3v) is 5.79. The van der Waals surface area contributed by atoms with Gasteiger partial charge in [-0.2, -0.15) is 0 Å². The maximum absolute atomic E-state index is 13.6. The summed E-state index contributed by atoms with van der Waals surface area (Å²) in [4.78, 5) is 52.9. The molecular weight excluding hydrogens is 442 g/mol. The topological polar surface area (TPSA) is 118 Å². The van der Waals surface area contributed by atoms with Gasteiger partial charge in [-0.1, -0.05) is 60.7 Å². The molecule has 2 amide bonds. The largest absolute Gasteiger partial charge is 0.397 e. The Labute approximate surface area is 200 Å². The number of benzene rings is 4. The molecule has 4 aromatic carbocycles. The van der Waals surface area contributed by atoms with Gasteiger partial charge in [0.1, 0.15) is 0 Å². The lowest BCUT2D eigenvalue weighted by Crippen LogP contribution is -2.27. The number of ketones is 2. The lowest BCUT2D eigenvalue weighted by Gasteiger charge is -2.24. The Balaban J connectivity index is 1.66. The number of nitrogen functional groups attached to an aromatic ring is 1. The Morgan fingerprint density at radius 1 is 0.600 bits per heavy atom. The van der Waals surface area contributed by atoms with Gasteiger partial charge in [0, 0.05) is 22.3 Å². The summed E-state index contributed by atoms with van der Waals surface area (Å²) in [6.07, 6.45) is 0. The molecule has 5 rings (SSSR count). The zero-order valence-corrected chi connectivity index (χ0v) is 18.4. The van der Waals surface area contributed by atoms with Gasteiger partial charge in [-0.15, -0.1) is 0 Å². The summed E-state index contributed by atoms with van der Waals surface area (Å²) in [7, 11) is 0. The number of carbonyl (C=O) groups excluding carboxylic acids is 4. The number of fused-ring (bicyclic) bond motifs is 2. The minimum absolute atomic E-state index is 0.0180. The van der Waals surface area contributed by atoms with Gasteiger partial charge in [-0.05, 0) is 30.3 Å². The van der Waals surface area contributed by atoms with Crippen LogP contribution in [0.2, 0.25) is 0 Å². The van der Waals surface area contributed by atoms with Crippen LogP contribution in [0.3, 0.4) is 0 Å². The van der Waals surface area contributed by atoms with Crippen LogP contribution in [-0.2, 0) is 0 Å². The Morgan fingerprint density at radius 3 is 1.60 bits per heavy atom. The van der Waals surface area contributed by atoms with Crippen LogP contribution in [0.15, 0.2) is 91.0 Å². The van der Waals surface area contributed by atoms with E-state index >= 15 is 0 Å². The van der Waals surface area contributed by atoms with Crippen molar-refractivity contribution in [2.24, 2.45) is 0 Å². The van der Waals surface area contributed by atoms with Crippen LogP contribution in [0, 0.1) is 0 Å². The first-order chi connectivity index (χ1) is 17.0. The molecule has 1 aliphatic rings. The molecule has 0 bridgehead atoms. The first-order valence-electron chi connectivity index (χ1n) is 10.8. The van der Waals surface area contributed by atoms with Crippen molar-refractivity contribution in [2.45, 2.75) is 0 Å². The molecule has 7 heteroatoms. The van der Waals surface area contributed by atoms with Crippen LogP contribution in [-0.4, -0.2) is 23.4 Å². The van der Waals surface area contributed by atoms with E-state index < -0.39 is 23.4 Å². The van der Waals surface area contributed by atoms with E-state index in [4.69, 9.17) is 5.73 Å². The number of rotatable bonds is 4. The molecular formula is C28H19N3O4. The number of amides is 2. The number of nitrogens with two attached hydrogens (primary N) is 1. The van der Waals surface area contributed by atoms with Crippen LogP contribution < -0.4 is 16.4 Å². The minimum Gasteiger partial charge on any atom is -0.397 e. The second-order valence-electron chi connectivity index (χ2n) is 7.98. The molecule has 0 saturated carbocycles. The maximum atomic E-state index is 13.6. The summed E-state index contributed by atoms with van der Waals surface area (Å²) < 4.78 is 0. The third-order valence-electron chi connectivity index (χ3n) is 5.79. The van der Waals surface area contributed by atoms with E-state index in [1.807, 2.05) is 0 Å². The highest BCUT2D eigenvalue weighted by molar-refractivity contribution is 6.34. The Morgan fingerprint density at radius 2 is 1.06 bits per heavy atom. The van der Waals surface area contributed by atoms with Gasteiger partial charge in [0.25, 0.3) is 11.8 Å². The molecule has 4 aromatic rings. The van der Waals surface area contributed by atoms with Crippen molar-refractivity contribution in [1.29, 1.82) is 0 Å². The third kappa shape index (κ3) is 3.85. The van der Waals surface area contributed by atoms with Crippen LogP contribution >= 0.6 is 0 Å². The maximum Gasteiger partial charge on any atom is 0.255 e. The molecule has 170 valence electrons. The van der Waals surface area contributed by atoms with Crippen molar-refractivity contribution in [2.75, 3.05) is 16.4 Å². The summed E-state index contributed by atoms with van der Waals surface area (Å²) in [5.41, 5.74) is 7.52. The fraction of sp³-hybridized carbons (Fsp3) is 0. The smallest absolute Gasteiger partial charge is 0.255 e. The zero-order chi connectivity index (χ0) is 24.5. The molecule has 4 N–H and O–H groups in total. The second-order valence-corrected chi connectivity index (χ2v) is 7.98. The van der Waals surface area contributed by atoms with E-state index in [0.29, 0.717) is 11.1 Å². The number of hydrogen-bond acceptors (Lipinski definition) is 5. The molecule has 0 aliphatic heterocycles. The molecule has 7 nitrogen and oxygen atoms in total. The molecule has 0 radical (unpaired) electrons. The van der Waals surface area contributed by atoms with E-state index in [2.05, 4.69) is 10.6 Å². The van der Waals surface area contributed by atoms with Gasteiger partial charge in [-0.25, -0.2) is 0 Å². The number of anilines is 3. The van der Waals surface area contributed by atoms with Gasteiger partial charge >= 0.3 is 0 Å². The minimum atomic E-state index is -0.486. The van der Waals surface area contributed by atoms with Crippen molar-refractivity contribution in [3.63, 3.8) is 0 Å². The quantitative estimate of drug-likeness (QED) is 0.339. The van der Waals surface area contributed by atoms with Gasteiger partial charge < -0.3 is 16.4 Å². The Kier molecular flexibility index (Phi) is 5.43. The van der Waals surface area contributed by atoms with Crippen molar-refractivity contribution < 1.29 is 19.2 Å². The van der Waals surface area contributed by atoms with Crippen LogP contribution in [0.1, 0.15) is 52.6 Å². The molecule has 0 aromatic heterocycles. The van der Waals surface area contributed by atoms with E-state index in [1.54, 1.807) is 84.9 Å². The predicted octanol–water partition coefficient (Wildman–Crippen LogP) is 4.55. The molecule has 1 aliphatic carbocycles. The van der Waals surface area contributed by atoms with Crippen LogP contribution in [0.5, 0.6) is 0 Å². The van der Waals surface area contributed by atoms with Crippen LogP contribution in [0.25, 0.3) is 0 Å².